The second-order valence-corrected chi connectivity index (χ2v) is 6.92. The summed E-state index contributed by atoms with van der Waals surface area (Å²) < 4.78 is 0. The van der Waals surface area contributed by atoms with Gasteiger partial charge in [0.05, 0.1) is 0 Å². The molecule has 2 fully saturated rings. The summed E-state index contributed by atoms with van der Waals surface area (Å²) in [6.07, 6.45) is 9.91. The maximum atomic E-state index is 6.10. The van der Waals surface area contributed by atoms with Crippen LogP contribution in [0.15, 0.2) is 0 Å². The third-order valence-corrected chi connectivity index (χ3v) is 5.80. The maximum Gasteiger partial charge on any atom is 0.0354 e. The van der Waals surface area contributed by atoms with Gasteiger partial charge < -0.3 is 5.73 Å². The molecule has 2 heteroatoms. The van der Waals surface area contributed by atoms with E-state index < -0.39 is 0 Å². The normalized spacial score (nSPS) is 28.1. The van der Waals surface area contributed by atoms with Crippen molar-refractivity contribution in [1.82, 2.24) is 4.90 Å². The van der Waals surface area contributed by atoms with Crippen LogP contribution in [-0.2, 0) is 0 Å². The summed E-state index contributed by atoms with van der Waals surface area (Å²) in [5, 5.41) is 0. The molecule has 2 N–H and O–H groups in total. The molecule has 0 aromatic carbocycles. The molecule has 0 spiro atoms. The third kappa shape index (κ3) is 2.53. The summed E-state index contributed by atoms with van der Waals surface area (Å²) in [6.45, 7) is 6.84. The molecule has 0 aromatic rings. The van der Waals surface area contributed by atoms with E-state index in [1.54, 1.807) is 0 Å². The van der Waals surface area contributed by atoms with Crippen LogP contribution in [0.25, 0.3) is 0 Å². The van der Waals surface area contributed by atoms with Crippen molar-refractivity contribution in [3.63, 3.8) is 0 Å². The largest absolute Gasteiger partial charge is 0.329 e. The topological polar surface area (TPSA) is 29.3 Å². The summed E-state index contributed by atoms with van der Waals surface area (Å²) in [4.78, 5) is 2.58. The van der Waals surface area contributed by atoms with Crippen LogP contribution in [0.2, 0.25) is 0 Å². The molecule has 2 nitrogen and oxygen atoms in total. The average molecular weight is 238 g/mol. The zero-order valence-electron chi connectivity index (χ0n) is 12.0. The quantitative estimate of drug-likeness (QED) is 0.798. The van der Waals surface area contributed by atoms with Gasteiger partial charge in [0.1, 0.15) is 0 Å². The van der Waals surface area contributed by atoms with Gasteiger partial charge in [-0.2, -0.15) is 0 Å². The van der Waals surface area contributed by atoms with Gasteiger partial charge >= 0.3 is 0 Å². The number of nitrogens with zero attached hydrogens (tertiary/aromatic N) is 1. The molecule has 0 aromatic heterocycles. The lowest BCUT2D eigenvalue weighted by atomic mass is 9.80. The highest BCUT2D eigenvalue weighted by molar-refractivity contribution is 5.09. The fraction of sp³-hybridized carbons (Fsp3) is 1.00. The molecule has 100 valence electrons. The molecule has 1 atom stereocenters. The van der Waals surface area contributed by atoms with Crippen LogP contribution >= 0.6 is 0 Å². The van der Waals surface area contributed by atoms with Crippen LogP contribution in [0.1, 0.15) is 58.8 Å². The lowest BCUT2D eigenvalue weighted by molar-refractivity contribution is 0.0522. The Morgan fingerprint density at radius 2 is 1.82 bits per heavy atom. The van der Waals surface area contributed by atoms with E-state index in [0.29, 0.717) is 5.41 Å². The highest BCUT2D eigenvalue weighted by Gasteiger charge is 2.54. The summed E-state index contributed by atoms with van der Waals surface area (Å²) >= 11 is 0. The number of nitrogens with two attached hydrogens (primary N) is 1. The lowest BCUT2D eigenvalue weighted by Gasteiger charge is -2.45. The van der Waals surface area contributed by atoms with E-state index in [9.17, 15) is 0 Å². The molecule has 1 unspecified atom stereocenters. The standard InChI is InChI=1S/C15H30N2/c1-14(9-10-14)15(2,12-16)17(3)11-13-7-5-4-6-8-13/h13H,4-12,16H2,1-3H3. The Morgan fingerprint density at radius 3 is 2.29 bits per heavy atom. The molecule has 2 rings (SSSR count). The van der Waals surface area contributed by atoms with Gasteiger partial charge in [0.25, 0.3) is 0 Å². The average Bonchev–Trinajstić information content (AvgIpc) is 3.09. The Kier molecular flexibility index (Phi) is 3.84. The number of rotatable bonds is 5. The molecule has 2 aliphatic rings. The van der Waals surface area contributed by atoms with Crippen LogP contribution in [0.3, 0.4) is 0 Å². The number of hydrogen-bond donors (Lipinski definition) is 1. The van der Waals surface area contributed by atoms with E-state index in [1.165, 1.54) is 51.5 Å². The van der Waals surface area contributed by atoms with Crippen molar-refractivity contribution in [1.29, 1.82) is 0 Å². The maximum absolute atomic E-state index is 6.10. The van der Waals surface area contributed by atoms with E-state index in [0.717, 1.165) is 12.5 Å². The van der Waals surface area contributed by atoms with Crippen LogP contribution in [0, 0.1) is 11.3 Å². The minimum Gasteiger partial charge on any atom is -0.329 e. The molecule has 0 aliphatic heterocycles. The fourth-order valence-corrected chi connectivity index (χ4v) is 3.55. The SMILES string of the molecule is CN(CC1CCCCC1)C(C)(CN)C1(C)CC1. The molecule has 0 saturated heterocycles. The monoisotopic (exact) mass is 238 g/mol. The fourth-order valence-electron chi connectivity index (χ4n) is 3.55. The van der Waals surface area contributed by atoms with Crippen LogP contribution in [0.4, 0.5) is 0 Å². The van der Waals surface area contributed by atoms with E-state index in [2.05, 4.69) is 25.8 Å². The first kappa shape index (κ1) is 13.4. The zero-order valence-corrected chi connectivity index (χ0v) is 12.0. The predicted octanol–water partition coefficient (Wildman–Crippen LogP) is 3.02. The first-order valence-electron chi connectivity index (χ1n) is 7.43. The van der Waals surface area contributed by atoms with Crippen molar-refractivity contribution in [3.8, 4) is 0 Å². The van der Waals surface area contributed by atoms with Gasteiger partial charge in [-0.15, -0.1) is 0 Å². The smallest absolute Gasteiger partial charge is 0.0354 e. The molecular formula is C15H30N2. The highest BCUT2D eigenvalue weighted by Crippen LogP contribution is 2.55. The predicted molar refractivity (Wildman–Crippen MR) is 74.0 cm³/mol. The Hall–Kier alpha value is -0.0800. The second kappa shape index (κ2) is 4.89. The molecule has 2 aliphatic carbocycles. The molecule has 0 heterocycles. The van der Waals surface area contributed by atoms with E-state index in [4.69, 9.17) is 5.73 Å². The van der Waals surface area contributed by atoms with Crippen molar-refractivity contribution in [2.75, 3.05) is 20.1 Å². The van der Waals surface area contributed by atoms with Crippen molar-refractivity contribution < 1.29 is 0 Å². The van der Waals surface area contributed by atoms with Gasteiger partial charge in [-0.1, -0.05) is 26.2 Å². The molecule has 17 heavy (non-hydrogen) atoms. The summed E-state index contributed by atoms with van der Waals surface area (Å²) in [7, 11) is 2.30. The van der Waals surface area contributed by atoms with E-state index in [1.807, 2.05) is 0 Å². The van der Waals surface area contributed by atoms with Crippen LogP contribution in [0.5, 0.6) is 0 Å². The van der Waals surface area contributed by atoms with Crippen molar-refractivity contribution in [2.24, 2.45) is 17.1 Å². The summed E-state index contributed by atoms with van der Waals surface area (Å²) in [5.41, 5.74) is 6.79. The minimum absolute atomic E-state index is 0.213. The van der Waals surface area contributed by atoms with Crippen LogP contribution in [-0.4, -0.2) is 30.6 Å². The van der Waals surface area contributed by atoms with Gasteiger partial charge in [0, 0.05) is 18.6 Å². The molecule has 0 amide bonds. The molecule has 0 radical (unpaired) electrons. The molecule has 0 bridgehead atoms. The second-order valence-electron chi connectivity index (χ2n) is 6.92. The van der Waals surface area contributed by atoms with Gasteiger partial charge in [0.2, 0.25) is 0 Å². The van der Waals surface area contributed by atoms with E-state index in [-0.39, 0.29) is 5.54 Å². The molecule has 2 saturated carbocycles. The van der Waals surface area contributed by atoms with Crippen molar-refractivity contribution in [2.45, 2.75) is 64.3 Å². The highest BCUT2D eigenvalue weighted by atomic mass is 15.2. The van der Waals surface area contributed by atoms with Gasteiger partial charge in [0.15, 0.2) is 0 Å². The Morgan fingerprint density at radius 1 is 1.24 bits per heavy atom. The van der Waals surface area contributed by atoms with Crippen molar-refractivity contribution in [3.05, 3.63) is 0 Å². The van der Waals surface area contributed by atoms with E-state index >= 15 is 0 Å². The first-order valence-corrected chi connectivity index (χ1v) is 7.43. The Labute approximate surface area is 107 Å². The van der Waals surface area contributed by atoms with Crippen molar-refractivity contribution >= 4 is 0 Å². The lowest BCUT2D eigenvalue weighted by Crippen LogP contribution is -2.56. The third-order valence-electron chi connectivity index (χ3n) is 5.80. The van der Waals surface area contributed by atoms with Gasteiger partial charge in [-0.3, -0.25) is 4.90 Å². The van der Waals surface area contributed by atoms with Crippen LogP contribution < -0.4 is 5.73 Å². The summed E-state index contributed by atoms with van der Waals surface area (Å²) in [5.74, 6) is 0.918. The molecular weight excluding hydrogens is 208 g/mol. The Balaban J connectivity index is 1.94. The van der Waals surface area contributed by atoms with Gasteiger partial charge in [-0.05, 0) is 51.0 Å². The zero-order chi connectivity index (χ0) is 12.5. The number of likely N-dealkylation sites (N-methyl/N-ethyl adjacent to an activating group) is 1. The minimum atomic E-state index is 0.213. The Bertz CT molecular complexity index is 254. The summed E-state index contributed by atoms with van der Waals surface area (Å²) in [6, 6.07) is 0. The number of hydrogen-bond acceptors (Lipinski definition) is 2. The first-order chi connectivity index (χ1) is 8.02. The van der Waals surface area contributed by atoms with Gasteiger partial charge in [-0.25, -0.2) is 0 Å².